The number of rotatable bonds is 6. The highest BCUT2D eigenvalue weighted by molar-refractivity contribution is 5.86. The maximum Gasteiger partial charge on any atom is 0.330 e. The highest BCUT2D eigenvalue weighted by atomic mass is 16.5. The Morgan fingerprint density at radius 2 is 2.14 bits per heavy atom. The topological polar surface area (TPSA) is 50.6 Å². The van der Waals surface area contributed by atoms with Gasteiger partial charge in [-0.3, -0.25) is 4.90 Å². The van der Waals surface area contributed by atoms with Crippen LogP contribution in [0.1, 0.15) is 38.2 Å². The predicted molar refractivity (Wildman–Crippen MR) is 87.5 cm³/mol. The van der Waals surface area contributed by atoms with Crippen LogP contribution in [0.15, 0.2) is 6.08 Å². The normalized spacial score (nSPS) is 15.4. The van der Waals surface area contributed by atoms with Crippen molar-refractivity contribution >= 4 is 17.9 Å². The van der Waals surface area contributed by atoms with Crippen LogP contribution in [0.4, 0.5) is 5.82 Å². The molecule has 2 rings (SSSR count). The Hall–Kier alpha value is -1.82. The molecule has 22 heavy (non-hydrogen) atoms. The SMILES string of the molecule is CCCCOC(=O)/C=C/c1nc2c(n1C)CN(CC)CN2C. The third-order valence-electron chi connectivity index (χ3n) is 3.93. The maximum atomic E-state index is 11.6. The number of anilines is 1. The molecule has 1 aliphatic heterocycles. The quantitative estimate of drug-likeness (QED) is 0.457. The Balaban J connectivity index is 2.09. The summed E-state index contributed by atoms with van der Waals surface area (Å²) in [5.74, 6) is 1.46. The van der Waals surface area contributed by atoms with E-state index in [1.165, 1.54) is 11.8 Å². The number of hydrogen-bond acceptors (Lipinski definition) is 5. The fourth-order valence-electron chi connectivity index (χ4n) is 2.52. The van der Waals surface area contributed by atoms with Gasteiger partial charge in [0.2, 0.25) is 0 Å². The number of carbonyl (C=O) groups is 1. The van der Waals surface area contributed by atoms with Gasteiger partial charge in [-0.2, -0.15) is 0 Å². The van der Waals surface area contributed by atoms with Crippen molar-refractivity contribution in [2.75, 3.05) is 31.8 Å². The number of imidazole rings is 1. The molecule has 6 nitrogen and oxygen atoms in total. The van der Waals surface area contributed by atoms with E-state index >= 15 is 0 Å². The molecule has 0 unspecified atom stereocenters. The van der Waals surface area contributed by atoms with E-state index in [0.717, 1.165) is 44.2 Å². The van der Waals surface area contributed by atoms with Gasteiger partial charge in [0, 0.05) is 26.7 Å². The standard InChI is InChI=1S/C16H26N4O2/c1-5-7-10-22-15(21)9-8-14-17-16-13(19(14)4)11-20(6-2)12-18(16)3/h8-9H,5-7,10-12H2,1-4H3/b9-8+. The van der Waals surface area contributed by atoms with Crippen LogP contribution in [0, 0.1) is 0 Å². The predicted octanol–water partition coefficient (Wildman–Crippen LogP) is 2.01. The second-order valence-electron chi connectivity index (χ2n) is 5.64. The molecule has 0 aromatic carbocycles. The molecule has 0 saturated carbocycles. The van der Waals surface area contributed by atoms with Crippen LogP contribution in [-0.4, -0.2) is 47.3 Å². The molecule has 0 atom stereocenters. The zero-order valence-electron chi connectivity index (χ0n) is 14.0. The number of nitrogens with zero attached hydrogens (tertiary/aromatic N) is 4. The van der Waals surface area contributed by atoms with E-state index in [-0.39, 0.29) is 5.97 Å². The first-order valence-electron chi connectivity index (χ1n) is 7.90. The van der Waals surface area contributed by atoms with Crippen molar-refractivity contribution in [3.05, 3.63) is 17.6 Å². The number of fused-ring (bicyclic) bond motifs is 1. The van der Waals surface area contributed by atoms with Crippen molar-refractivity contribution in [3.8, 4) is 0 Å². The van der Waals surface area contributed by atoms with Crippen molar-refractivity contribution in [1.82, 2.24) is 14.5 Å². The van der Waals surface area contributed by atoms with Crippen LogP contribution >= 0.6 is 0 Å². The fourth-order valence-corrected chi connectivity index (χ4v) is 2.52. The lowest BCUT2D eigenvalue weighted by molar-refractivity contribution is -0.137. The summed E-state index contributed by atoms with van der Waals surface area (Å²) in [6.07, 6.45) is 5.11. The van der Waals surface area contributed by atoms with Crippen LogP contribution < -0.4 is 4.90 Å². The number of hydrogen-bond donors (Lipinski definition) is 0. The minimum atomic E-state index is -0.307. The molecule has 1 aliphatic rings. The molecule has 0 spiro atoms. The van der Waals surface area contributed by atoms with Crippen LogP contribution in [0.3, 0.4) is 0 Å². The second kappa shape index (κ2) is 7.45. The maximum absolute atomic E-state index is 11.6. The van der Waals surface area contributed by atoms with Crippen molar-refractivity contribution in [2.45, 2.75) is 33.2 Å². The molecule has 0 N–H and O–H groups in total. The Bertz CT molecular complexity index is 551. The molecule has 0 amide bonds. The minimum Gasteiger partial charge on any atom is -0.463 e. The van der Waals surface area contributed by atoms with Gasteiger partial charge in [-0.15, -0.1) is 0 Å². The van der Waals surface area contributed by atoms with E-state index in [1.807, 2.05) is 18.7 Å². The third kappa shape index (κ3) is 3.68. The van der Waals surface area contributed by atoms with Gasteiger partial charge in [0.25, 0.3) is 0 Å². The largest absolute Gasteiger partial charge is 0.463 e. The van der Waals surface area contributed by atoms with E-state index < -0.39 is 0 Å². The minimum absolute atomic E-state index is 0.307. The van der Waals surface area contributed by atoms with Crippen molar-refractivity contribution in [3.63, 3.8) is 0 Å². The summed E-state index contributed by atoms with van der Waals surface area (Å²) in [5.41, 5.74) is 1.18. The molecular formula is C16H26N4O2. The van der Waals surface area contributed by atoms with Gasteiger partial charge in [-0.25, -0.2) is 9.78 Å². The summed E-state index contributed by atoms with van der Waals surface area (Å²) in [6, 6.07) is 0. The van der Waals surface area contributed by atoms with Crippen molar-refractivity contribution in [1.29, 1.82) is 0 Å². The first-order valence-corrected chi connectivity index (χ1v) is 7.90. The molecule has 6 heteroatoms. The lowest BCUT2D eigenvalue weighted by atomic mass is 10.3. The van der Waals surface area contributed by atoms with Gasteiger partial charge in [-0.05, 0) is 19.0 Å². The summed E-state index contributed by atoms with van der Waals surface area (Å²) < 4.78 is 7.17. The van der Waals surface area contributed by atoms with E-state index in [1.54, 1.807) is 6.08 Å². The second-order valence-corrected chi connectivity index (χ2v) is 5.64. The summed E-state index contributed by atoms with van der Waals surface area (Å²) in [7, 11) is 4.03. The molecule has 0 saturated heterocycles. The number of carbonyl (C=O) groups excluding carboxylic acids is 1. The van der Waals surface area contributed by atoms with E-state index in [9.17, 15) is 4.79 Å². The molecule has 0 fully saturated rings. The molecule has 0 radical (unpaired) electrons. The number of ether oxygens (including phenoxy) is 1. The number of unbranched alkanes of at least 4 members (excludes halogenated alkanes) is 1. The van der Waals surface area contributed by atoms with Crippen molar-refractivity contribution in [2.24, 2.45) is 7.05 Å². The molecule has 1 aromatic rings. The molecule has 2 heterocycles. The average Bonchev–Trinajstić information content (AvgIpc) is 2.83. The number of esters is 1. The highest BCUT2D eigenvalue weighted by Crippen LogP contribution is 2.26. The van der Waals surface area contributed by atoms with Gasteiger partial charge in [0.05, 0.1) is 19.0 Å². The number of aromatic nitrogens is 2. The summed E-state index contributed by atoms with van der Waals surface area (Å²) in [4.78, 5) is 20.8. The van der Waals surface area contributed by atoms with Gasteiger partial charge >= 0.3 is 5.97 Å². The van der Waals surface area contributed by atoms with Crippen LogP contribution in [0.25, 0.3) is 6.08 Å². The van der Waals surface area contributed by atoms with Gasteiger partial charge in [-0.1, -0.05) is 20.3 Å². The van der Waals surface area contributed by atoms with Crippen LogP contribution in [0.2, 0.25) is 0 Å². The smallest absolute Gasteiger partial charge is 0.330 e. The lowest BCUT2D eigenvalue weighted by Crippen LogP contribution is -2.40. The summed E-state index contributed by atoms with van der Waals surface area (Å²) in [5, 5.41) is 0. The Morgan fingerprint density at radius 1 is 1.36 bits per heavy atom. The van der Waals surface area contributed by atoms with Crippen LogP contribution in [-0.2, 0) is 23.1 Å². The molecule has 122 valence electrons. The first-order chi connectivity index (χ1) is 10.6. The summed E-state index contributed by atoms with van der Waals surface area (Å²) >= 11 is 0. The average molecular weight is 306 g/mol. The molecule has 0 aliphatic carbocycles. The zero-order chi connectivity index (χ0) is 16.1. The van der Waals surface area contributed by atoms with E-state index in [4.69, 9.17) is 4.74 Å². The third-order valence-corrected chi connectivity index (χ3v) is 3.93. The van der Waals surface area contributed by atoms with Crippen LogP contribution in [0.5, 0.6) is 0 Å². The fraction of sp³-hybridized carbons (Fsp3) is 0.625. The summed E-state index contributed by atoms with van der Waals surface area (Å²) in [6.45, 7) is 7.46. The molecule has 0 bridgehead atoms. The monoisotopic (exact) mass is 306 g/mol. The lowest BCUT2D eigenvalue weighted by Gasteiger charge is -2.32. The van der Waals surface area contributed by atoms with Gasteiger partial charge < -0.3 is 14.2 Å². The molecule has 1 aromatic heterocycles. The molecular weight excluding hydrogens is 280 g/mol. The van der Waals surface area contributed by atoms with Gasteiger partial charge in [0.15, 0.2) is 5.82 Å². The Labute approximate surface area is 132 Å². The first kappa shape index (κ1) is 16.5. The Kier molecular flexibility index (Phi) is 5.60. The Morgan fingerprint density at radius 3 is 2.82 bits per heavy atom. The van der Waals surface area contributed by atoms with E-state index in [0.29, 0.717) is 6.61 Å². The zero-order valence-corrected chi connectivity index (χ0v) is 14.0. The van der Waals surface area contributed by atoms with E-state index in [2.05, 4.69) is 28.6 Å². The van der Waals surface area contributed by atoms with Gasteiger partial charge in [0.1, 0.15) is 5.82 Å². The highest BCUT2D eigenvalue weighted by Gasteiger charge is 2.24. The van der Waals surface area contributed by atoms with Crippen molar-refractivity contribution < 1.29 is 9.53 Å².